The van der Waals surface area contributed by atoms with E-state index in [1.165, 1.54) is 0 Å². The molecule has 0 atom stereocenters. The number of furan rings is 1. The number of hydrogen-bond acceptors (Lipinski definition) is 6. The number of anilines is 2. The molecule has 0 aliphatic carbocycles. The van der Waals surface area contributed by atoms with E-state index in [-0.39, 0.29) is 5.91 Å². The lowest BCUT2D eigenvalue weighted by Crippen LogP contribution is -2.37. The van der Waals surface area contributed by atoms with Gasteiger partial charge in [-0.3, -0.25) is 4.79 Å². The first-order chi connectivity index (χ1) is 13.0. The number of carbonyl (C=O) groups is 1. The molecule has 140 valence electrons. The summed E-state index contributed by atoms with van der Waals surface area (Å²) >= 11 is 5.91. The Balaban J connectivity index is 1.78. The zero-order valence-electron chi connectivity index (χ0n) is 15.1. The summed E-state index contributed by atoms with van der Waals surface area (Å²) in [6.45, 7) is 6.22. The number of benzene rings is 1. The molecular weight excluding hydrogens is 368 g/mol. The molecule has 0 radical (unpaired) electrons. The number of nitrogens with zero attached hydrogens (tertiary/aromatic N) is 3. The summed E-state index contributed by atoms with van der Waals surface area (Å²) in [5, 5.41) is 4.13. The van der Waals surface area contributed by atoms with Crippen molar-refractivity contribution in [3.63, 3.8) is 0 Å². The van der Waals surface area contributed by atoms with Crippen molar-refractivity contribution in [2.75, 3.05) is 36.5 Å². The highest BCUT2D eigenvalue weighted by molar-refractivity contribution is 6.30. The molecule has 7 nitrogen and oxygen atoms in total. The second-order valence-corrected chi connectivity index (χ2v) is 6.80. The summed E-state index contributed by atoms with van der Waals surface area (Å²) in [6, 6.07) is 6.95. The molecule has 1 saturated heterocycles. The van der Waals surface area contributed by atoms with Gasteiger partial charge in [-0.25, -0.2) is 4.98 Å². The van der Waals surface area contributed by atoms with Crippen LogP contribution in [-0.4, -0.2) is 42.2 Å². The Bertz CT molecular complexity index is 994. The van der Waals surface area contributed by atoms with Crippen molar-refractivity contribution >= 4 is 40.1 Å². The van der Waals surface area contributed by atoms with Gasteiger partial charge in [0.2, 0.25) is 5.71 Å². The maximum Gasteiger partial charge on any atom is 0.260 e. The lowest BCUT2D eigenvalue weighted by atomic mass is 10.1. The number of halogens is 1. The molecule has 0 unspecified atom stereocenters. The maximum absolute atomic E-state index is 13.0. The van der Waals surface area contributed by atoms with E-state index >= 15 is 0 Å². The largest absolute Gasteiger partial charge is 0.442 e. The first kappa shape index (κ1) is 17.8. The van der Waals surface area contributed by atoms with Gasteiger partial charge in [-0.2, -0.15) is 4.98 Å². The molecule has 1 amide bonds. The van der Waals surface area contributed by atoms with E-state index in [4.69, 9.17) is 20.8 Å². The van der Waals surface area contributed by atoms with Gasteiger partial charge in [0.05, 0.1) is 24.2 Å². The summed E-state index contributed by atoms with van der Waals surface area (Å²) in [5.74, 6) is 1.54. The van der Waals surface area contributed by atoms with Gasteiger partial charge >= 0.3 is 0 Å². The number of ether oxygens (including phenoxy) is 1. The Morgan fingerprint density at radius 2 is 1.85 bits per heavy atom. The molecule has 3 heterocycles. The van der Waals surface area contributed by atoms with Crippen LogP contribution in [0, 0.1) is 13.8 Å². The van der Waals surface area contributed by atoms with Crippen LogP contribution in [0.15, 0.2) is 28.7 Å². The molecule has 0 bridgehead atoms. The molecule has 1 fully saturated rings. The quantitative estimate of drug-likeness (QED) is 0.741. The molecule has 4 rings (SSSR count). The average molecular weight is 387 g/mol. The van der Waals surface area contributed by atoms with Gasteiger partial charge in [0, 0.05) is 23.8 Å². The minimum absolute atomic E-state index is 0.268. The zero-order valence-corrected chi connectivity index (χ0v) is 15.8. The standard InChI is InChI=1S/C19H19ClN4O3/c1-11-15(18(25)23-14-5-3-13(20)4-6-14)16-17(24-7-9-26-10-8-24)21-12(2)22-19(16)27-11/h3-6H,7-10H2,1-2H3,(H,23,25). The van der Waals surface area contributed by atoms with E-state index in [0.29, 0.717) is 71.1 Å². The Labute approximate surface area is 161 Å². The predicted octanol–water partition coefficient (Wildman–Crippen LogP) is 3.58. The number of amides is 1. The van der Waals surface area contributed by atoms with E-state index in [2.05, 4.69) is 20.2 Å². The fourth-order valence-corrected chi connectivity index (χ4v) is 3.33. The summed E-state index contributed by atoms with van der Waals surface area (Å²) in [7, 11) is 0. The third-order valence-corrected chi connectivity index (χ3v) is 4.71. The van der Waals surface area contributed by atoms with E-state index in [1.54, 1.807) is 31.2 Å². The van der Waals surface area contributed by atoms with Crippen molar-refractivity contribution < 1.29 is 13.9 Å². The first-order valence-corrected chi connectivity index (χ1v) is 9.08. The Morgan fingerprint density at radius 3 is 2.56 bits per heavy atom. The van der Waals surface area contributed by atoms with E-state index < -0.39 is 0 Å². The van der Waals surface area contributed by atoms with Gasteiger partial charge in [-0.1, -0.05) is 11.6 Å². The molecule has 2 aromatic heterocycles. The summed E-state index contributed by atoms with van der Waals surface area (Å²) < 4.78 is 11.2. The van der Waals surface area contributed by atoms with Crippen molar-refractivity contribution in [2.45, 2.75) is 13.8 Å². The summed E-state index contributed by atoms with van der Waals surface area (Å²) in [4.78, 5) is 24.1. The number of hydrogen-bond donors (Lipinski definition) is 1. The van der Waals surface area contributed by atoms with Crippen molar-refractivity contribution in [1.29, 1.82) is 0 Å². The smallest absolute Gasteiger partial charge is 0.260 e. The highest BCUT2D eigenvalue weighted by Crippen LogP contribution is 2.33. The minimum Gasteiger partial charge on any atom is -0.442 e. The average Bonchev–Trinajstić information content (AvgIpc) is 2.99. The molecule has 1 aliphatic rings. The molecule has 8 heteroatoms. The van der Waals surface area contributed by atoms with Crippen LogP contribution in [0.3, 0.4) is 0 Å². The third-order valence-electron chi connectivity index (χ3n) is 4.46. The number of carbonyl (C=O) groups excluding carboxylic acids is 1. The van der Waals surface area contributed by atoms with Crippen LogP contribution >= 0.6 is 11.6 Å². The number of fused-ring (bicyclic) bond motifs is 1. The highest BCUT2D eigenvalue weighted by atomic mass is 35.5. The Hall–Kier alpha value is -2.64. The number of nitrogens with one attached hydrogen (secondary N) is 1. The van der Waals surface area contributed by atoms with Crippen LogP contribution in [-0.2, 0) is 4.74 Å². The van der Waals surface area contributed by atoms with Crippen LogP contribution < -0.4 is 10.2 Å². The predicted molar refractivity (Wildman–Crippen MR) is 104 cm³/mol. The second-order valence-electron chi connectivity index (χ2n) is 6.37. The fourth-order valence-electron chi connectivity index (χ4n) is 3.20. The normalized spacial score (nSPS) is 14.6. The van der Waals surface area contributed by atoms with Gasteiger partial charge in [0.1, 0.15) is 17.4 Å². The van der Waals surface area contributed by atoms with E-state index in [9.17, 15) is 4.79 Å². The highest BCUT2D eigenvalue weighted by Gasteiger charge is 2.26. The van der Waals surface area contributed by atoms with Crippen molar-refractivity contribution in [3.8, 4) is 0 Å². The van der Waals surface area contributed by atoms with E-state index in [0.717, 1.165) is 0 Å². The molecular formula is C19H19ClN4O3. The SMILES string of the molecule is Cc1nc(N2CCOCC2)c2c(C(=O)Nc3ccc(Cl)cc3)c(C)oc2n1. The lowest BCUT2D eigenvalue weighted by Gasteiger charge is -2.28. The van der Waals surface area contributed by atoms with Crippen molar-refractivity contribution in [3.05, 3.63) is 46.4 Å². The van der Waals surface area contributed by atoms with Crippen molar-refractivity contribution in [2.24, 2.45) is 0 Å². The summed E-state index contributed by atoms with van der Waals surface area (Å²) in [6.07, 6.45) is 0. The molecule has 1 aliphatic heterocycles. The monoisotopic (exact) mass is 386 g/mol. The number of rotatable bonds is 3. The van der Waals surface area contributed by atoms with Gasteiger partial charge in [-0.15, -0.1) is 0 Å². The number of aromatic nitrogens is 2. The Morgan fingerprint density at radius 1 is 1.15 bits per heavy atom. The first-order valence-electron chi connectivity index (χ1n) is 8.70. The molecule has 0 saturated carbocycles. The molecule has 3 aromatic rings. The van der Waals surface area contributed by atoms with Crippen LogP contribution in [0.5, 0.6) is 0 Å². The zero-order chi connectivity index (χ0) is 19.0. The van der Waals surface area contributed by atoms with Crippen LogP contribution in [0.2, 0.25) is 5.02 Å². The number of morpholine rings is 1. The van der Waals surface area contributed by atoms with Gasteiger partial charge in [0.15, 0.2) is 0 Å². The van der Waals surface area contributed by atoms with Crippen molar-refractivity contribution in [1.82, 2.24) is 9.97 Å². The lowest BCUT2D eigenvalue weighted by molar-refractivity contribution is 0.102. The fraction of sp³-hybridized carbons (Fsp3) is 0.316. The van der Waals surface area contributed by atoms with Crippen LogP contribution in [0.4, 0.5) is 11.5 Å². The van der Waals surface area contributed by atoms with Crippen LogP contribution in [0.25, 0.3) is 11.1 Å². The minimum atomic E-state index is -0.268. The molecule has 1 aromatic carbocycles. The van der Waals surface area contributed by atoms with Gasteiger partial charge in [0.25, 0.3) is 5.91 Å². The molecule has 0 spiro atoms. The third kappa shape index (κ3) is 3.48. The second kappa shape index (κ2) is 7.17. The Kier molecular flexibility index (Phi) is 4.72. The van der Waals surface area contributed by atoms with Gasteiger partial charge in [-0.05, 0) is 38.1 Å². The molecule has 27 heavy (non-hydrogen) atoms. The topological polar surface area (TPSA) is 80.5 Å². The summed E-state index contributed by atoms with van der Waals surface area (Å²) in [5.41, 5.74) is 1.52. The van der Waals surface area contributed by atoms with Crippen LogP contribution in [0.1, 0.15) is 21.9 Å². The number of aryl methyl sites for hydroxylation is 2. The van der Waals surface area contributed by atoms with E-state index in [1.807, 2.05) is 6.92 Å². The molecule has 1 N–H and O–H groups in total. The maximum atomic E-state index is 13.0. The van der Waals surface area contributed by atoms with Gasteiger partial charge < -0.3 is 19.4 Å².